The number of amides is 3. The fourth-order valence-electron chi connectivity index (χ4n) is 5.52. The Bertz CT molecular complexity index is 1070. The highest BCUT2D eigenvalue weighted by atomic mass is 19.1. The highest BCUT2D eigenvalue weighted by molar-refractivity contribution is 6.02. The predicted octanol–water partition coefficient (Wildman–Crippen LogP) is 3.78. The van der Waals surface area contributed by atoms with Gasteiger partial charge in [-0.05, 0) is 51.8 Å². The molecule has 0 radical (unpaired) electrons. The molecule has 0 spiro atoms. The maximum absolute atomic E-state index is 13.7. The second-order valence-corrected chi connectivity index (χ2v) is 9.60. The number of H-pyrrole nitrogens is 1. The van der Waals surface area contributed by atoms with Gasteiger partial charge in [0.25, 0.3) is 5.91 Å². The molecule has 3 aliphatic rings. The lowest BCUT2D eigenvalue weighted by molar-refractivity contribution is 0.00674. The number of urea groups is 1. The number of pyridine rings is 1. The molecule has 5 rings (SSSR count). The van der Waals surface area contributed by atoms with E-state index in [4.69, 9.17) is 0 Å². The number of anilines is 1. The van der Waals surface area contributed by atoms with Gasteiger partial charge in [0.2, 0.25) is 0 Å². The first-order valence-electron chi connectivity index (χ1n) is 11.6. The van der Waals surface area contributed by atoms with E-state index in [2.05, 4.69) is 44.1 Å². The highest BCUT2D eigenvalue weighted by Gasteiger charge is 2.48. The van der Waals surface area contributed by atoms with E-state index in [-0.39, 0.29) is 36.8 Å². The van der Waals surface area contributed by atoms with Crippen LogP contribution < -0.4 is 5.32 Å². The summed E-state index contributed by atoms with van der Waals surface area (Å²) < 4.78 is 13.1. The molecule has 2 N–H and O–H groups in total. The first kappa shape index (κ1) is 24.1. The number of carbonyl (C=O) groups excluding carboxylic acids is 2. The molecule has 0 saturated carbocycles. The van der Waals surface area contributed by atoms with Gasteiger partial charge in [-0.3, -0.25) is 14.8 Å². The summed E-state index contributed by atoms with van der Waals surface area (Å²) in [7, 11) is 0. The Morgan fingerprint density at radius 3 is 2.82 bits per heavy atom. The van der Waals surface area contributed by atoms with Crippen molar-refractivity contribution in [3.05, 3.63) is 41.1 Å². The Kier molecular flexibility index (Phi) is 6.37. The van der Waals surface area contributed by atoms with E-state index in [1.807, 2.05) is 11.8 Å². The first-order chi connectivity index (χ1) is 15.8. The number of fused-ring (bicyclic) bond motifs is 2. The minimum absolute atomic E-state index is 0. The van der Waals surface area contributed by atoms with Crippen LogP contribution in [-0.2, 0) is 6.54 Å². The third-order valence-electron chi connectivity index (χ3n) is 7.56. The van der Waals surface area contributed by atoms with Crippen LogP contribution in [0, 0.1) is 5.82 Å². The van der Waals surface area contributed by atoms with Gasteiger partial charge in [0.15, 0.2) is 5.82 Å². The summed E-state index contributed by atoms with van der Waals surface area (Å²) >= 11 is 0. The average Bonchev–Trinajstić information content (AvgIpc) is 3.47. The van der Waals surface area contributed by atoms with Crippen molar-refractivity contribution in [1.82, 2.24) is 29.9 Å². The SMILES string of the molecule is C.CC[C@H]1CN2CCC[C@@]2(C)CN1C(=O)N1Cc2c(NC(=O)c3ccc(F)cn3)n[nH]c2C1C. The largest absolute Gasteiger partial charge is 0.321 e. The molecule has 0 aromatic carbocycles. The lowest BCUT2D eigenvalue weighted by Crippen LogP contribution is -2.64. The van der Waals surface area contributed by atoms with Gasteiger partial charge in [0.05, 0.1) is 24.5 Å². The van der Waals surface area contributed by atoms with Crippen molar-refractivity contribution in [2.45, 2.75) is 71.6 Å². The zero-order valence-electron chi connectivity index (χ0n) is 19.3. The van der Waals surface area contributed by atoms with Crippen molar-refractivity contribution in [3.8, 4) is 0 Å². The molecule has 10 heteroatoms. The molecule has 2 fully saturated rings. The molecule has 3 aliphatic heterocycles. The standard InChI is InChI=1S/C23H30FN7O2.CH4/c1-4-16-11-29-9-5-8-23(29,3)13-31(16)22(33)30-12-17-19(14(30)2)27-28-20(17)26-21(32)18-7-6-15(24)10-25-18;/h6-7,10,14,16H,4-5,8-9,11-13H2,1-3H3,(H2,26,27,28,32);1H4/t14?,16-,23-;/m0./s1. The van der Waals surface area contributed by atoms with Crippen LogP contribution in [0.3, 0.4) is 0 Å². The van der Waals surface area contributed by atoms with Gasteiger partial charge in [-0.1, -0.05) is 14.4 Å². The minimum atomic E-state index is -0.507. The van der Waals surface area contributed by atoms with Gasteiger partial charge in [0, 0.05) is 30.2 Å². The topological polar surface area (TPSA) is 97.5 Å². The van der Waals surface area contributed by atoms with E-state index in [9.17, 15) is 14.0 Å². The predicted molar refractivity (Wildman–Crippen MR) is 127 cm³/mol. The molecule has 3 atom stereocenters. The Hall–Kier alpha value is -3.01. The summed E-state index contributed by atoms with van der Waals surface area (Å²) in [6.45, 7) is 9.51. The number of hydrogen-bond acceptors (Lipinski definition) is 5. The Balaban J connectivity index is 0.00000274. The van der Waals surface area contributed by atoms with Gasteiger partial charge in [0.1, 0.15) is 11.5 Å². The number of nitrogens with one attached hydrogen (secondary N) is 2. The summed E-state index contributed by atoms with van der Waals surface area (Å²) in [6, 6.07) is 2.56. The summed E-state index contributed by atoms with van der Waals surface area (Å²) in [5, 5.41) is 9.99. The molecule has 2 aromatic heterocycles. The molecular formula is C24H34FN7O2. The number of rotatable bonds is 3. The van der Waals surface area contributed by atoms with Crippen LogP contribution in [0.1, 0.15) is 75.2 Å². The second kappa shape index (κ2) is 8.98. The van der Waals surface area contributed by atoms with Crippen LogP contribution in [0.5, 0.6) is 0 Å². The molecule has 184 valence electrons. The molecule has 2 saturated heterocycles. The lowest BCUT2D eigenvalue weighted by atomic mass is 9.93. The van der Waals surface area contributed by atoms with Crippen molar-refractivity contribution in [2.24, 2.45) is 0 Å². The lowest BCUT2D eigenvalue weighted by Gasteiger charge is -2.50. The summed E-state index contributed by atoms with van der Waals surface area (Å²) in [5.74, 6) is -0.603. The average molecular weight is 472 g/mol. The number of piperazine rings is 1. The van der Waals surface area contributed by atoms with E-state index in [0.717, 1.165) is 49.9 Å². The number of aromatic amines is 1. The van der Waals surface area contributed by atoms with Crippen molar-refractivity contribution in [1.29, 1.82) is 0 Å². The van der Waals surface area contributed by atoms with Crippen molar-refractivity contribution >= 4 is 17.8 Å². The smallest absolute Gasteiger partial charge is 0.319 e. The Morgan fingerprint density at radius 2 is 2.12 bits per heavy atom. The number of carbonyl (C=O) groups is 2. The fraction of sp³-hybridized carbons (Fsp3) is 0.583. The van der Waals surface area contributed by atoms with E-state index in [0.29, 0.717) is 12.4 Å². The molecule has 3 amide bonds. The Labute approximate surface area is 199 Å². The van der Waals surface area contributed by atoms with Gasteiger partial charge in [-0.2, -0.15) is 5.10 Å². The van der Waals surface area contributed by atoms with Crippen LogP contribution >= 0.6 is 0 Å². The molecule has 9 nitrogen and oxygen atoms in total. The minimum Gasteiger partial charge on any atom is -0.319 e. The van der Waals surface area contributed by atoms with Crippen molar-refractivity contribution < 1.29 is 14.0 Å². The first-order valence-corrected chi connectivity index (χ1v) is 11.6. The monoisotopic (exact) mass is 471 g/mol. The van der Waals surface area contributed by atoms with Crippen molar-refractivity contribution in [3.63, 3.8) is 0 Å². The highest BCUT2D eigenvalue weighted by Crippen LogP contribution is 2.39. The summed E-state index contributed by atoms with van der Waals surface area (Å²) in [4.78, 5) is 36.5. The second-order valence-electron chi connectivity index (χ2n) is 9.60. The number of aromatic nitrogens is 3. The number of nitrogens with zero attached hydrogens (tertiary/aromatic N) is 5. The molecule has 5 heterocycles. The van der Waals surface area contributed by atoms with Crippen LogP contribution in [0.4, 0.5) is 15.0 Å². The summed E-state index contributed by atoms with van der Waals surface area (Å²) in [5.41, 5.74) is 1.76. The summed E-state index contributed by atoms with van der Waals surface area (Å²) in [6.07, 6.45) is 4.21. The zero-order valence-corrected chi connectivity index (χ0v) is 19.3. The molecule has 1 unspecified atom stereocenters. The normalized spacial score (nSPS) is 26.1. The molecular weight excluding hydrogens is 437 g/mol. The third kappa shape index (κ3) is 3.93. The molecule has 2 aromatic rings. The van der Waals surface area contributed by atoms with Crippen LogP contribution in [0.15, 0.2) is 18.3 Å². The van der Waals surface area contributed by atoms with E-state index >= 15 is 0 Å². The van der Waals surface area contributed by atoms with Crippen LogP contribution in [0.25, 0.3) is 0 Å². The quantitative estimate of drug-likeness (QED) is 0.710. The number of halogens is 1. The van der Waals surface area contributed by atoms with Crippen LogP contribution in [0.2, 0.25) is 0 Å². The van der Waals surface area contributed by atoms with E-state index in [1.165, 1.54) is 18.6 Å². The Morgan fingerprint density at radius 1 is 1.32 bits per heavy atom. The molecule has 0 aliphatic carbocycles. The number of hydrogen-bond donors (Lipinski definition) is 2. The maximum atomic E-state index is 13.7. The van der Waals surface area contributed by atoms with Gasteiger partial charge >= 0.3 is 6.03 Å². The third-order valence-corrected chi connectivity index (χ3v) is 7.56. The van der Waals surface area contributed by atoms with Gasteiger partial charge < -0.3 is 15.1 Å². The van der Waals surface area contributed by atoms with E-state index < -0.39 is 11.7 Å². The maximum Gasteiger partial charge on any atom is 0.321 e. The van der Waals surface area contributed by atoms with Crippen molar-refractivity contribution in [2.75, 3.05) is 25.0 Å². The van der Waals surface area contributed by atoms with E-state index in [1.54, 1.807) is 0 Å². The molecule has 34 heavy (non-hydrogen) atoms. The zero-order chi connectivity index (χ0) is 23.3. The molecule has 0 bridgehead atoms. The fourth-order valence-corrected chi connectivity index (χ4v) is 5.52. The van der Waals surface area contributed by atoms with Crippen LogP contribution in [-0.4, -0.2) is 73.0 Å². The van der Waals surface area contributed by atoms with Gasteiger partial charge in [-0.15, -0.1) is 0 Å². The van der Waals surface area contributed by atoms with Gasteiger partial charge in [-0.25, -0.2) is 14.2 Å².